The van der Waals surface area contributed by atoms with Crippen LogP contribution < -0.4 is 10.4 Å². The van der Waals surface area contributed by atoms with E-state index in [2.05, 4.69) is 15.5 Å². The number of rotatable bonds is 4. The van der Waals surface area contributed by atoms with Crippen LogP contribution in [0.3, 0.4) is 0 Å². The van der Waals surface area contributed by atoms with Gasteiger partial charge in [-0.1, -0.05) is 6.07 Å². The predicted octanol–water partition coefficient (Wildman–Crippen LogP) is 2.94. The average molecular weight is 386 g/mol. The molecular weight excluding hydrogens is 373 g/mol. The van der Waals surface area contributed by atoms with E-state index in [1.807, 2.05) is 6.07 Å². The van der Waals surface area contributed by atoms with Crippen molar-refractivity contribution < 1.29 is 18.0 Å². The molecule has 0 unspecified atom stereocenters. The Morgan fingerprint density at radius 3 is 2.54 bits per heavy atom. The molecule has 0 aliphatic heterocycles. The van der Waals surface area contributed by atoms with E-state index < -0.39 is 17.6 Å². The summed E-state index contributed by atoms with van der Waals surface area (Å²) in [6.07, 6.45) is -3.38. The number of benzene rings is 2. The first kappa shape index (κ1) is 19.1. The van der Waals surface area contributed by atoms with Crippen molar-refractivity contribution in [2.24, 2.45) is 0 Å². The van der Waals surface area contributed by atoms with Crippen LogP contribution in [-0.2, 0) is 6.18 Å². The number of hydrogen-bond donors (Lipinski definition) is 1. The van der Waals surface area contributed by atoms with Gasteiger partial charge in [-0.05, 0) is 42.5 Å². The van der Waals surface area contributed by atoms with E-state index >= 15 is 0 Å². The molecule has 7 nitrogen and oxygen atoms in total. The van der Waals surface area contributed by atoms with Crippen LogP contribution in [0.25, 0.3) is 5.69 Å². The standard InChI is InChI=1S/C18H13F3N6O/c1-23-27(15-4-2-3-13(9-15)18(19,20)21)17(28)16-24-11-25-26(16)14-7-5-12(10-22)6-8-14/h2-9,11,23H,1H3. The van der Waals surface area contributed by atoms with Gasteiger partial charge in [-0.15, -0.1) is 0 Å². The Hall–Kier alpha value is -3.71. The summed E-state index contributed by atoms with van der Waals surface area (Å²) >= 11 is 0. The van der Waals surface area contributed by atoms with Crippen LogP contribution in [0.1, 0.15) is 21.7 Å². The molecular formula is C18H13F3N6O. The maximum Gasteiger partial charge on any atom is 0.416 e. The van der Waals surface area contributed by atoms with Crippen molar-refractivity contribution in [3.05, 3.63) is 71.8 Å². The van der Waals surface area contributed by atoms with E-state index in [9.17, 15) is 18.0 Å². The van der Waals surface area contributed by atoms with Crippen molar-refractivity contribution >= 4 is 11.6 Å². The average Bonchev–Trinajstić information content (AvgIpc) is 3.18. The number of nitriles is 1. The highest BCUT2D eigenvalue weighted by atomic mass is 19.4. The molecule has 0 fully saturated rings. The molecule has 1 heterocycles. The van der Waals surface area contributed by atoms with Gasteiger partial charge in [-0.2, -0.15) is 23.5 Å². The van der Waals surface area contributed by atoms with Crippen molar-refractivity contribution in [3.8, 4) is 11.8 Å². The Morgan fingerprint density at radius 2 is 1.93 bits per heavy atom. The number of hydrogen-bond acceptors (Lipinski definition) is 5. The highest BCUT2D eigenvalue weighted by molar-refractivity contribution is 6.03. The Morgan fingerprint density at radius 1 is 1.21 bits per heavy atom. The fourth-order valence-corrected chi connectivity index (χ4v) is 2.52. The Balaban J connectivity index is 1.97. The van der Waals surface area contributed by atoms with Gasteiger partial charge in [-0.3, -0.25) is 4.79 Å². The number of anilines is 1. The molecule has 10 heteroatoms. The number of amides is 1. The molecule has 142 valence electrons. The zero-order chi connectivity index (χ0) is 20.3. The molecule has 0 aliphatic carbocycles. The molecule has 0 spiro atoms. The third-order valence-corrected chi connectivity index (χ3v) is 3.84. The SMILES string of the molecule is CNN(C(=O)c1ncnn1-c1ccc(C#N)cc1)c1cccc(C(F)(F)F)c1. The molecule has 0 saturated carbocycles. The molecule has 0 bridgehead atoms. The molecule has 1 amide bonds. The largest absolute Gasteiger partial charge is 0.416 e. The predicted molar refractivity (Wildman–Crippen MR) is 93.4 cm³/mol. The lowest BCUT2D eigenvalue weighted by atomic mass is 10.2. The fourth-order valence-electron chi connectivity index (χ4n) is 2.52. The van der Waals surface area contributed by atoms with Gasteiger partial charge in [0, 0.05) is 7.05 Å². The van der Waals surface area contributed by atoms with E-state index in [0.717, 1.165) is 23.5 Å². The number of nitrogens with one attached hydrogen (secondary N) is 1. The molecule has 0 radical (unpaired) electrons. The van der Waals surface area contributed by atoms with Crippen molar-refractivity contribution in [1.82, 2.24) is 20.2 Å². The van der Waals surface area contributed by atoms with Crippen LogP contribution in [-0.4, -0.2) is 27.7 Å². The van der Waals surface area contributed by atoms with Gasteiger partial charge in [0.1, 0.15) is 6.33 Å². The zero-order valence-corrected chi connectivity index (χ0v) is 14.5. The maximum atomic E-state index is 13.0. The first-order valence-corrected chi connectivity index (χ1v) is 7.95. The highest BCUT2D eigenvalue weighted by Gasteiger charge is 2.32. The van der Waals surface area contributed by atoms with Crippen LogP contribution >= 0.6 is 0 Å². The third kappa shape index (κ3) is 3.70. The van der Waals surface area contributed by atoms with Crippen molar-refractivity contribution in [2.45, 2.75) is 6.18 Å². The van der Waals surface area contributed by atoms with Crippen molar-refractivity contribution in [3.63, 3.8) is 0 Å². The van der Waals surface area contributed by atoms with Crippen molar-refractivity contribution in [1.29, 1.82) is 5.26 Å². The minimum Gasteiger partial charge on any atom is -0.264 e. The van der Waals surface area contributed by atoms with E-state index in [0.29, 0.717) is 11.3 Å². The molecule has 1 N–H and O–H groups in total. The van der Waals surface area contributed by atoms with Crippen molar-refractivity contribution in [2.75, 3.05) is 12.1 Å². The van der Waals surface area contributed by atoms with E-state index in [-0.39, 0.29) is 11.5 Å². The Kier molecular flexibility index (Phi) is 5.10. The van der Waals surface area contributed by atoms with E-state index in [4.69, 9.17) is 5.26 Å². The normalized spacial score (nSPS) is 11.1. The third-order valence-electron chi connectivity index (χ3n) is 3.84. The minimum absolute atomic E-state index is 0.00305. The van der Waals surface area contributed by atoms with Crippen LogP contribution in [0, 0.1) is 11.3 Å². The molecule has 0 atom stereocenters. The number of halogens is 3. The maximum absolute atomic E-state index is 13.0. The van der Waals surface area contributed by atoms with Crippen LogP contribution in [0.5, 0.6) is 0 Å². The van der Waals surface area contributed by atoms with E-state index in [1.165, 1.54) is 23.9 Å². The monoisotopic (exact) mass is 386 g/mol. The molecule has 3 rings (SSSR count). The summed E-state index contributed by atoms with van der Waals surface area (Å²) in [5.41, 5.74) is 2.59. The topological polar surface area (TPSA) is 86.8 Å². The van der Waals surface area contributed by atoms with Crippen LogP contribution in [0.4, 0.5) is 18.9 Å². The lowest BCUT2D eigenvalue weighted by Gasteiger charge is -2.22. The van der Waals surface area contributed by atoms with Gasteiger partial charge in [0.15, 0.2) is 0 Å². The quantitative estimate of drug-likeness (QED) is 0.697. The number of nitrogens with zero attached hydrogens (tertiary/aromatic N) is 5. The molecule has 2 aromatic carbocycles. The smallest absolute Gasteiger partial charge is 0.264 e. The summed E-state index contributed by atoms with van der Waals surface area (Å²) in [6, 6.07) is 12.6. The number of aromatic nitrogens is 3. The fraction of sp³-hybridized carbons (Fsp3) is 0.111. The summed E-state index contributed by atoms with van der Waals surface area (Å²) in [5, 5.41) is 13.8. The lowest BCUT2D eigenvalue weighted by molar-refractivity contribution is -0.137. The summed E-state index contributed by atoms with van der Waals surface area (Å²) in [4.78, 5) is 16.9. The second-order valence-electron chi connectivity index (χ2n) is 5.57. The lowest BCUT2D eigenvalue weighted by Crippen LogP contribution is -2.42. The molecule has 1 aromatic heterocycles. The number of alkyl halides is 3. The Bertz CT molecular complexity index is 1040. The summed E-state index contributed by atoms with van der Waals surface area (Å²) in [6.45, 7) is 0. The summed E-state index contributed by atoms with van der Waals surface area (Å²) < 4.78 is 40.2. The van der Waals surface area contributed by atoms with Gasteiger partial charge in [0.25, 0.3) is 0 Å². The van der Waals surface area contributed by atoms with Gasteiger partial charge in [0.05, 0.1) is 28.6 Å². The molecule has 0 saturated heterocycles. The van der Waals surface area contributed by atoms with Gasteiger partial charge >= 0.3 is 12.1 Å². The molecule has 28 heavy (non-hydrogen) atoms. The minimum atomic E-state index is -4.54. The second-order valence-corrected chi connectivity index (χ2v) is 5.57. The first-order chi connectivity index (χ1) is 13.3. The first-order valence-electron chi connectivity index (χ1n) is 7.95. The molecule has 0 aliphatic rings. The zero-order valence-electron chi connectivity index (χ0n) is 14.5. The molecule has 3 aromatic rings. The second kappa shape index (κ2) is 7.50. The summed E-state index contributed by atoms with van der Waals surface area (Å²) in [7, 11) is 1.40. The van der Waals surface area contributed by atoms with E-state index in [1.54, 1.807) is 24.3 Å². The van der Waals surface area contributed by atoms with Crippen LogP contribution in [0.15, 0.2) is 54.9 Å². The number of carbonyl (C=O) groups is 1. The van der Waals surface area contributed by atoms with Gasteiger partial charge in [-0.25, -0.2) is 20.1 Å². The van der Waals surface area contributed by atoms with Gasteiger partial charge in [0.2, 0.25) is 5.82 Å². The Labute approximate surface area is 157 Å². The number of hydrazine groups is 1. The highest BCUT2D eigenvalue weighted by Crippen LogP contribution is 2.31. The summed E-state index contributed by atoms with van der Waals surface area (Å²) in [5.74, 6) is -0.819. The van der Waals surface area contributed by atoms with Crippen LogP contribution in [0.2, 0.25) is 0 Å². The van der Waals surface area contributed by atoms with Gasteiger partial charge < -0.3 is 0 Å². The number of carbonyl (C=O) groups excluding carboxylic acids is 1.